The van der Waals surface area contributed by atoms with Crippen LogP contribution in [0, 0.1) is 5.92 Å². The fraction of sp³-hybridized carbons (Fsp3) is 0.900. The Balaban J connectivity index is 2.21. The van der Waals surface area contributed by atoms with Gasteiger partial charge in [-0.3, -0.25) is 0 Å². The van der Waals surface area contributed by atoms with Crippen LogP contribution in [0.15, 0.2) is 0 Å². The summed E-state index contributed by atoms with van der Waals surface area (Å²) in [5, 5.41) is 8.51. The number of hydrogen-bond acceptors (Lipinski definition) is 4. The van der Waals surface area contributed by atoms with Crippen LogP contribution < -0.4 is 0 Å². The molecule has 0 aromatic rings. The minimum Gasteiger partial charge on any atom is -0.447 e. The summed E-state index contributed by atoms with van der Waals surface area (Å²) in [6.07, 6.45) is 1.60. The maximum absolute atomic E-state index is 11.4. The molecule has 0 spiro atoms. The molecule has 15 heavy (non-hydrogen) atoms. The van der Waals surface area contributed by atoms with Crippen LogP contribution in [0.1, 0.15) is 12.8 Å². The first-order chi connectivity index (χ1) is 7.27. The lowest BCUT2D eigenvalue weighted by atomic mass is 9.98. The Hall–Kier alpha value is -0.810. The molecule has 0 aromatic carbocycles. The second-order valence-corrected chi connectivity index (χ2v) is 3.72. The van der Waals surface area contributed by atoms with Gasteiger partial charge in [0, 0.05) is 26.8 Å². The minimum absolute atomic E-state index is 0.0802. The van der Waals surface area contributed by atoms with Crippen molar-refractivity contribution in [2.75, 3.05) is 40.0 Å². The number of aliphatic hydroxyl groups excluding tert-OH is 1. The number of aliphatic hydroxyl groups is 1. The summed E-state index contributed by atoms with van der Waals surface area (Å²) in [6.45, 7) is 2.17. The fourth-order valence-electron chi connectivity index (χ4n) is 1.74. The summed E-state index contributed by atoms with van der Waals surface area (Å²) >= 11 is 0. The maximum atomic E-state index is 11.4. The van der Waals surface area contributed by atoms with Gasteiger partial charge < -0.3 is 19.5 Å². The molecule has 0 aromatic heterocycles. The number of methoxy groups -OCH3 is 1. The zero-order valence-electron chi connectivity index (χ0n) is 9.15. The highest BCUT2D eigenvalue weighted by Gasteiger charge is 2.23. The highest BCUT2D eigenvalue weighted by Crippen LogP contribution is 2.17. The van der Waals surface area contributed by atoms with Gasteiger partial charge in [0.1, 0.15) is 6.61 Å². The van der Waals surface area contributed by atoms with Gasteiger partial charge in [0.05, 0.1) is 6.61 Å². The van der Waals surface area contributed by atoms with Crippen molar-refractivity contribution in [2.45, 2.75) is 12.8 Å². The lowest BCUT2D eigenvalue weighted by molar-refractivity contribution is 0.0609. The monoisotopic (exact) mass is 217 g/mol. The van der Waals surface area contributed by atoms with E-state index in [2.05, 4.69) is 0 Å². The molecule has 5 heteroatoms. The van der Waals surface area contributed by atoms with Crippen LogP contribution in [-0.4, -0.2) is 56.1 Å². The highest BCUT2D eigenvalue weighted by molar-refractivity contribution is 5.67. The summed E-state index contributed by atoms with van der Waals surface area (Å²) in [5.74, 6) is 0.553. The molecule has 1 fully saturated rings. The molecular weight excluding hydrogens is 198 g/mol. The number of amides is 1. The first kappa shape index (κ1) is 12.3. The summed E-state index contributed by atoms with van der Waals surface area (Å²) in [6, 6.07) is 0. The zero-order valence-corrected chi connectivity index (χ0v) is 9.15. The van der Waals surface area contributed by atoms with Crippen molar-refractivity contribution in [3.05, 3.63) is 0 Å². The number of carbonyl (C=O) groups is 1. The molecule has 0 aliphatic carbocycles. The molecule has 0 atom stereocenters. The van der Waals surface area contributed by atoms with Crippen LogP contribution in [0.25, 0.3) is 0 Å². The van der Waals surface area contributed by atoms with E-state index in [1.165, 1.54) is 0 Å². The van der Waals surface area contributed by atoms with Gasteiger partial charge in [-0.05, 0) is 18.8 Å². The molecule has 1 aliphatic heterocycles. The Bertz CT molecular complexity index is 190. The van der Waals surface area contributed by atoms with Crippen molar-refractivity contribution in [3.63, 3.8) is 0 Å². The predicted molar refractivity (Wildman–Crippen MR) is 54.6 cm³/mol. The first-order valence-corrected chi connectivity index (χ1v) is 5.29. The van der Waals surface area contributed by atoms with Gasteiger partial charge in [-0.25, -0.2) is 4.79 Å². The number of nitrogens with zero attached hydrogens (tertiary/aromatic N) is 1. The number of ether oxygens (including phenoxy) is 2. The van der Waals surface area contributed by atoms with E-state index < -0.39 is 0 Å². The van der Waals surface area contributed by atoms with Crippen molar-refractivity contribution in [2.24, 2.45) is 5.92 Å². The lowest BCUT2D eigenvalue weighted by Gasteiger charge is -2.30. The number of piperidine rings is 1. The summed E-state index contributed by atoms with van der Waals surface area (Å²) in [7, 11) is 1.70. The van der Waals surface area contributed by atoms with Crippen LogP contribution >= 0.6 is 0 Å². The normalized spacial score (nSPS) is 17.9. The van der Waals surface area contributed by atoms with Gasteiger partial charge in [-0.2, -0.15) is 0 Å². The number of likely N-dealkylation sites (tertiary alicyclic amines) is 1. The summed E-state index contributed by atoms with van der Waals surface area (Å²) in [4.78, 5) is 13.1. The predicted octanol–water partition coefficient (Wildman–Crippen LogP) is 0.474. The van der Waals surface area contributed by atoms with E-state index in [-0.39, 0.29) is 19.3 Å². The van der Waals surface area contributed by atoms with Gasteiger partial charge in [0.15, 0.2) is 0 Å². The molecule has 88 valence electrons. The van der Waals surface area contributed by atoms with Gasteiger partial charge in [0.2, 0.25) is 0 Å². The second-order valence-electron chi connectivity index (χ2n) is 3.72. The van der Waals surface area contributed by atoms with E-state index in [1.54, 1.807) is 12.0 Å². The van der Waals surface area contributed by atoms with Crippen LogP contribution in [0.5, 0.6) is 0 Å². The van der Waals surface area contributed by atoms with Gasteiger partial charge in [0.25, 0.3) is 0 Å². The molecule has 1 aliphatic rings. The minimum atomic E-state index is -0.320. The molecule has 1 saturated heterocycles. The van der Waals surface area contributed by atoms with E-state index in [9.17, 15) is 4.79 Å². The number of carbonyl (C=O) groups excluding carboxylic acids is 1. The Kier molecular flexibility index (Phi) is 5.42. The Labute approximate surface area is 90.0 Å². The van der Waals surface area contributed by atoms with Crippen molar-refractivity contribution < 1.29 is 19.4 Å². The SMILES string of the molecule is COCC1CCN(C(=O)OCCO)CC1. The second kappa shape index (κ2) is 6.63. The van der Waals surface area contributed by atoms with Crippen molar-refractivity contribution in [1.82, 2.24) is 4.90 Å². The molecule has 0 radical (unpaired) electrons. The third-order valence-electron chi connectivity index (χ3n) is 2.59. The van der Waals surface area contributed by atoms with Gasteiger partial charge >= 0.3 is 6.09 Å². The van der Waals surface area contributed by atoms with E-state index in [0.29, 0.717) is 5.92 Å². The standard InChI is InChI=1S/C10H19NO4/c1-14-8-9-2-4-11(5-3-9)10(13)15-7-6-12/h9,12H,2-8H2,1H3. The molecule has 1 amide bonds. The Morgan fingerprint density at radius 1 is 1.47 bits per heavy atom. The highest BCUT2D eigenvalue weighted by atomic mass is 16.6. The third kappa shape index (κ3) is 4.05. The molecule has 0 bridgehead atoms. The summed E-state index contributed by atoms with van der Waals surface area (Å²) in [5.41, 5.74) is 0. The average Bonchev–Trinajstić information content (AvgIpc) is 2.27. The molecule has 1 heterocycles. The Morgan fingerprint density at radius 3 is 2.67 bits per heavy atom. The Morgan fingerprint density at radius 2 is 2.13 bits per heavy atom. The van der Waals surface area contributed by atoms with E-state index in [1.807, 2.05) is 0 Å². The number of hydrogen-bond donors (Lipinski definition) is 1. The zero-order chi connectivity index (χ0) is 11.1. The lowest BCUT2D eigenvalue weighted by Crippen LogP contribution is -2.39. The van der Waals surface area contributed by atoms with Gasteiger partial charge in [-0.1, -0.05) is 0 Å². The molecule has 5 nitrogen and oxygen atoms in total. The first-order valence-electron chi connectivity index (χ1n) is 5.29. The van der Waals surface area contributed by atoms with Crippen molar-refractivity contribution in [3.8, 4) is 0 Å². The largest absolute Gasteiger partial charge is 0.447 e. The third-order valence-corrected chi connectivity index (χ3v) is 2.59. The maximum Gasteiger partial charge on any atom is 0.409 e. The van der Waals surface area contributed by atoms with Crippen molar-refractivity contribution in [1.29, 1.82) is 0 Å². The number of rotatable bonds is 4. The van der Waals surface area contributed by atoms with E-state index >= 15 is 0 Å². The summed E-state index contributed by atoms with van der Waals surface area (Å²) < 4.78 is 9.91. The molecule has 0 unspecified atom stereocenters. The molecule has 0 saturated carbocycles. The smallest absolute Gasteiger partial charge is 0.409 e. The van der Waals surface area contributed by atoms with Crippen LogP contribution in [0.3, 0.4) is 0 Å². The topological polar surface area (TPSA) is 59.0 Å². The van der Waals surface area contributed by atoms with Crippen LogP contribution in [-0.2, 0) is 9.47 Å². The van der Waals surface area contributed by atoms with Crippen LogP contribution in [0.4, 0.5) is 4.79 Å². The fourth-order valence-corrected chi connectivity index (χ4v) is 1.74. The van der Waals surface area contributed by atoms with E-state index in [4.69, 9.17) is 14.6 Å². The quantitative estimate of drug-likeness (QED) is 0.744. The van der Waals surface area contributed by atoms with Crippen LogP contribution in [0.2, 0.25) is 0 Å². The average molecular weight is 217 g/mol. The molecule has 1 rings (SSSR count). The van der Waals surface area contributed by atoms with E-state index in [0.717, 1.165) is 32.5 Å². The van der Waals surface area contributed by atoms with Gasteiger partial charge in [-0.15, -0.1) is 0 Å². The molecule has 1 N–H and O–H groups in total. The molecular formula is C10H19NO4. The van der Waals surface area contributed by atoms with Crippen molar-refractivity contribution >= 4 is 6.09 Å².